The van der Waals surface area contributed by atoms with Crippen LogP contribution in [-0.2, 0) is 14.3 Å². The van der Waals surface area contributed by atoms with Gasteiger partial charge in [-0.1, -0.05) is 6.07 Å². The topological polar surface area (TPSA) is 88.2 Å². The monoisotopic (exact) mass is 379 g/mol. The Bertz CT molecular complexity index is 757. The summed E-state index contributed by atoms with van der Waals surface area (Å²) < 4.78 is 24.6. The third-order valence-corrected chi connectivity index (χ3v) is 4.81. The molecular weight excluding hydrogens is 357 g/mol. The lowest BCUT2D eigenvalue weighted by atomic mass is 9.97. The van der Waals surface area contributed by atoms with E-state index in [9.17, 15) is 18.8 Å². The first-order chi connectivity index (χ1) is 12.9. The van der Waals surface area contributed by atoms with Crippen molar-refractivity contribution >= 4 is 23.8 Å². The molecule has 0 aliphatic carbocycles. The minimum atomic E-state index is -0.574. The van der Waals surface area contributed by atoms with E-state index in [-0.39, 0.29) is 24.9 Å². The van der Waals surface area contributed by atoms with Gasteiger partial charge in [-0.25, -0.2) is 14.0 Å². The molecule has 2 saturated heterocycles. The number of cyclic esters (lactones) is 1. The summed E-state index contributed by atoms with van der Waals surface area (Å²) in [6.45, 7) is 2.74. The first kappa shape index (κ1) is 18.9. The number of benzene rings is 1. The maximum absolute atomic E-state index is 14.7. The average Bonchev–Trinajstić information content (AvgIpc) is 3.26. The Morgan fingerprint density at radius 3 is 2.81 bits per heavy atom. The molecule has 0 aromatic heterocycles. The smallest absolute Gasteiger partial charge is 0.414 e. The van der Waals surface area contributed by atoms with Crippen LogP contribution in [0.5, 0.6) is 0 Å². The summed E-state index contributed by atoms with van der Waals surface area (Å²) >= 11 is 0. The van der Waals surface area contributed by atoms with Gasteiger partial charge in [0.15, 0.2) is 0 Å². The molecule has 0 spiro atoms. The van der Waals surface area contributed by atoms with Crippen LogP contribution in [0.1, 0.15) is 24.8 Å². The summed E-state index contributed by atoms with van der Waals surface area (Å²) in [7, 11) is 1.32. The zero-order valence-electron chi connectivity index (χ0n) is 15.2. The van der Waals surface area contributed by atoms with E-state index in [0.717, 1.165) is 0 Å². The first-order valence-corrected chi connectivity index (χ1v) is 8.74. The van der Waals surface area contributed by atoms with Crippen molar-refractivity contribution in [1.29, 1.82) is 0 Å². The SMILES string of the molecule is COC(=O)N1CCC(c2ccc(N3CC(CNC(C)=O)OC3=O)cc2F)C1. The number of nitrogens with zero attached hydrogens (tertiary/aromatic N) is 2. The van der Waals surface area contributed by atoms with Crippen LogP contribution in [0.25, 0.3) is 0 Å². The van der Waals surface area contributed by atoms with E-state index in [1.165, 1.54) is 25.0 Å². The minimum absolute atomic E-state index is 0.115. The van der Waals surface area contributed by atoms with Gasteiger partial charge in [0, 0.05) is 25.9 Å². The van der Waals surface area contributed by atoms with E-state index in [0.29, 0.717) is 30.8 Å². The zero-order valence-corrected chi connectivity index (χ0v) is 15.2. The van der Waals surface area contributed by atoms with Crippen LogP contribution in [0.4, 0.5) is 19.7 Å². The summed E-state index contributed by atoms with van der Waals surface area (Å²) in [5.74, 6) is -0.754. The Kier molecular flexibility index (Phi) is 5.48. The van der Waals surface area contributed by atoms with Crippen LogP contribution in [-0.4, -0.2) is 62.4 Å². The predicted octanol–water partition coefficient (Wildman–Crippen LogP) is 1.84. The Morgan fingerprint density at radius 2 is 2.15 bits per heavy atom. The van der Waals surface area contributed by atoms with Gasteiger partial charge in [-0.15, -0.1) is 0 Å². The molecule has 8 nitrogen and oxygen atoms in total. The van der Waals surface area contributed by atoms with Crippen LogP contribution >= 0.6 is 0 Å². The molecule has 2 aliphatic heterocycles. The minimum Gasteiger partial charge on any atom is -0.453 e. The van der Waals surface area contributed by atoms with E-state index in [1.807, 2.05) is 0 Å². The Morgan fingerprint density at radius 1 is 1.37 bits per heavy atom. The predicted molar refractivity (Wildman–Crippen MR) is 94.0 cm³/mol. The van der Waals surface area contributed by atoms with E-state index < -0.39 is 24.1 Å². The van der Waals surface area contributed by atoms with Crippen LogP contribution in [0.2, 0.25) is 0 Å². The Balaban J connectivity index is 1.67. The summed E-state index contributed by atoms with van der Waals surface area (Å²) in [5.41, 5.74) is 0.905. The molecule has 146 valence electrons. The van der Waals surface area contributed by atoms with Gasteiger partial charge in [-0.05, 0) is 24.1 Å². The molecule has 0 radical (unpaired) electrons. The van der Waals surface area contributed by atoms with Crippen molar-refractivity contribution in [2.75, 3.05) is 38.2 Å². The van der Waals surface area contributed by atoms with Crippen molar-refractivity contribution in [3.63, 3.8) is 0 Å². The van der Waals surface area contributed by atoms with Crippen LogP contribution < -0.4 is 10.2 Å². The normalized spacial score (nSPS) is 22.0. The van der Waals surface area contributed by atoms with Crippen molar-refractivity contribution in [2.45, 2.75) is 25.4 Å². The van der Waals surface area contributed by atoms with Gasteiger partial charge in [0.2, 0.25) is 5.91 Å². The van der Waals surface area contributed by atoms with Crippen molar-refractivity contribution in [2.24, 2.45) is 0 Å². The first-order valence-electron chi connectivity index (χ1n) is 8.74. The number of carbonyl (C=O) groups excluding carboxylic acids is 3. The van der Waals surface area contributed by atoms with Crippen LogP contribution in [0, 0.1) is 5.82 Å². The number of carbonyl (C=O) groups is 3. The molecule has 2 aliphatic rings. The van der Waals surface area contributed by atoms with Gasteiger partial charge in [-0.3, -0.25) is 9.69 Å². The molecule has 0 bridgehead atoms. The fourth-order valence-corrected chi connectivity index (χ4v) is 3.42. The summed E-state index contributed by atoms with van der Waals surface area (Å²) in [4.78, 5) is 37.5. The number of ether oxygens (including phenoxy) is 2. The molecule has 0 saturated carbocycles. The molecule has 27 heavy (non-hydrogen) atoms. The number of anilines is 1. The maximum Gasteiger partial charge on any atom is 0.414 e. The van der Waals surface area contributed by atoms with E-state index in [2.05, 4.69) is 5.32 Å². The molecule has 2 heterocycles. The lowest BCUT2D eigenvalue weighted by Crippen LogP contribution is -2.33. The number of methoxy groups -OCH3 is 1. The fourth-order valence-electron chi connectivity index (χ4n) is 3.42. The molecule has 2 fully saturated rings. The van der Waals surface area contributed by atoms with Gasteiger partial charge in [0.25, 0.3) is 0 Å². The molecule has 3 amide bonds. The highest BCUT2D eigenvalue weighted by molar-refractivity contribution is 5.89. The molecule has 2 unspecified atom stereocenters. The van der Waals surface area contributed by atoms with Gasteiger partial charge >= 0.3 is 12.2 Å². The largest absolute Gasteiger partial charge is 0.453 e. The number of likely N-dealkylation sites (tertiary alicyclic amines) is 1. The van der Waals surface area contributed by atoms with Crippen LogP contribution in [0.3, 0.4) is 0 Å². The van der Waals surface area contributed by atoms with E-state index in [1.54, 1.807) is 17.0 Å². The number of halogens is 1. The number of hydrogen-bond acceptors (Lipinski definition) is 5. The van der Waals surface area contributed by atoms with Gasteiger partial charge in [0.1, 0.15) is 11.9 Å². The third kappa shape index (κ3) is 4.12. The highest BCUT2D eigenvalue weighted by Gasteiger charge is 2.34. The molecule has 2 atom stereocenters. The molecule has 1 aromatic carbocycles. The van der Waals surface area contributed by atoms with Crippen molar-refractivity contribution in [1.82, 2.24) is 10.2 Å². The van der Waals surface area contributed by atoms with Crippen molar-refractivity contribution in [3.05, 3.63) is 29.6 Å². The summed E-state index contributed by atoms with van der Waals surface area (Å²) in [6.07, 6.45) is -0.821. The third-order valence-electron chi connectivity index (χ3n) is 4.81. The number of rotatable bonds is 4. The standard InChI is InChI=1S/C18H22FN3O5/c1-11(23)20-8-14-10-22(18(25)27-14)13-3-4-15(16(19)7-13)12-5-6-21(9-12)17(24)26-2/h3-4,7,12,14H,5-6,8-10H2,1-2H3,(H,20,23). The summed E-state index contributed by atoms with van der Waals surface area (Å²) in [5, 5.41) is 2.60. The maximum atomic E-state index is 14.7. The summed E-state index contributed by atoms with van der Waals surface area (Å²) in [6, 6.07) is 4.62. The van der Waals surface area contributed by atoms with E-state index in [4.69, 9.17) is 9.47 Å². The van der Waals surface area contributed by atoms with Crippen molar-refractivity contribution < 1.29 is 28.2 Å². The highest BCUT2D eigenvalue weighted by atomic mass is 19.1. The van der Waals surface area contributed by atoms with Crippen LogP contribution in [0.15, 0.2) is 18.2 Å². The van der Waals surface area contributed by atoms with Gasteiger partial charge in [0.05, 0.1) is 25.9 Å². The molecule has 3 rings (SSSR count). The quantitative estimate of drug-likeness (QED) is 0.863. The van der Waals surface area contributed by atoms with Gasteiger partial charge in [-0.2, -0.15) is 0 Å². The lowest BCUT2D eigenvalue weighted by molar-refractivity contribution is -0.119. The van der Waals surface area contributed by atoms with Gasteiger partial charge < -0.3 is 19.7 Å². The second-order valence-electron chi connectivity index (χ2n) is 6.66. The second kappa shape index (κ2) is 7.81. The highest BCUT2D eigenvalue weighted by Crippen LogP contribution is 2.32. The van der Waals surface area contributed by atoms with Crippen molar-refractivity contribution in [3.8, 4) is 0 Å². The molecule has 1 aromatic rings. The number of amides is 3. The number of hydrogen-bond donors (Lipinski definition) is 1. The zero-order chi connectivity index (χ0) is 19.6. The Labute approximate surface area is 156 Å². The lowest BCUT2D eigenvalue weighted by Gasteiger charge is -2.17. The average molecular weight is 379 g/mol. The molecule has 1 N–H and O–H groups in total. The molecular formula is C18H22FN3O5. The van der Waals surface area contributed by atoms with E-state index >= 15 is 0 Å². The Hall–Kier alpha value is -2.84. The second-order valence-corrected chi connectivity index (χ2v) is 6.66. The fraction of sp³-hybridized carbons (Fsp3) is 0.500. The number of nitrogens with one attached hydrogen (secondary N) is 1. The molecule has 9 heteroatoms.